The molecule has 0 aliphatic carbocycles. The highest BCUT2D eigenvalue weighted by Crippen LogP contribution is 2.50. The lowest BCUT2D eigenvalue weighted by molar-refractivity contribution is -0.166. The second-order valence-corrected chi connectivity index (χ2v) is 8.25. The number of carbonyl (C=O) groups excluding carboxylic acids is 2. The Bertz CT molecular complexity index is 670. The zero-order valence-corrected chi connectivity index (χ0v) is 15.7. The summed E-state index contributed by atoms with van der Waals surface area (Å²) in [6.45, 7) is 6.13. The summed E-state index contributed by atoms with van der Waals surface area (Å²) in [6.07, 6.45) is 1.44. The van der Waals surface area contributed by atoms with E-state index < -0.39 is 17.2 Å². The Labute approximate surface area is 154 Å². The minimum Gasteiger partial charge on any atom is -0.458 e. The minimum atomic E-state index is -0.949. The van der Waals surface area contributed by atoms with Crippen LogP contribution >= 0.6 is 0 Å². The molecule has 2 aliphatic rings. The highest BCUT2D eigenvalue weighted by atomic mass is 16.6. The Balaban J connectivity index is 1.79. The van der Waals surface area contributed by atoms with Crippen molar-refractivity contribution in [3.63, 3.8) is 0 Å². The molecular formula is C20H28N2O4. The maximum atomic E-state index is 13.0. The molecule has 6 nitrogen and oxygen atoms in total. The number of amides is 1. The monoisotopic (exact) mass is 360 g/mol. The van der Waals surface area contributed by atoms with Gasteiger partial charge in [0.1, 0.15) is 17.7 Å². The van der Waals surface area contributed by atoms with E-state index in [1.165, 1.54) is 0 Å². The molecule has 1 aromatic rings. The molecule has 0 aromatic heterocycles. The second kappa shape index (κ2) is 6.91. The second-order valence-electron chi connectivity index (χ2n) is 8.25. The van der Waals surface area contributed by atoms with E-state index in [-0.39, 0.29) is 24.5 Å². The molecule has 2 heterocycles. The topological polar surface area (TPSA) is 81.9 Å². The van der Waals surface area contributed by atoms with Crippen LogP contribution in [0.15, 0.2) is 30.3 Å². The molecule has 2 aliphatic heterocycles. The normalized spacial score (nSPS) is 27.5. The molecule has 0 spiro atoms. The molecule has 0 radical (unpaired) electrons. The minimum absolute atomic E-state index is 0.0595. The van der Waals surface area contributed by atoms with E-state index in [0.29, 0.717) is 19.4 Å². The van der Waals surface area contributed by atoms with E-state index in [2.05, 4.69) is 0 Å². The third-order valence-electron chi connectivity index (χ3n) is 5.27. The Kier molecular flexibility index (Phi) is 4.97. The molecule has 3 rings (SSSR count). The fourth-order valence-electron chi connectivity index (χ4n) is 4.17. The van der Waals surface area contributed by atoms with Crippen LogP contribution in [0.1, 0.15) is 45.6 Å². The van der Waals surface area contributed by atoms with Gasteiger partial charge in [-0.25, -0.2) is 9.59 Å². The van der Waals surface area contributed by atoms with E-state index in [1.54, 1.807) is 4.90 Å². The van der Waals surface area contributed by atoms with Crippen LogP contribution in [0.4, 0.5) is 4.79 Å². The number of hydrogen-bond acceptors (Lipinski definition) is 5. The summed E-state index contributed by atoms with van der Waals surface area (Å²) < 4.78 is 11.2. The van der Waals surface area contributed by atoms with Crippen molar-refractivity contribution >= 4 is 12.1 Å². The average Bonchev–Trinajstić information content (AvgIpc) is 3.13. The van der Waals surface area contributed by atoms with Gasteiger partial charge < -0.3 is 15.2 Å². The molecule has 2 bridgehead atoms. The fraction of sp³-hybridized carbons (Fsp3) is 0.600. The molecule has 142 valence electrons. The number of rotatable bonds is 4. The van der Waals surface area contributed by atoms with Crippen LogP contribution < -0.4 is 5.73 Å². The van der Waals surface area contributed by atoms with Crippen molar-refractivity contribution in [3.05, 3.63) is 35.9 Å². The maximum absolute atomic E-state index is 13.0. The van der Waals surface area contributed by atoms with Crippen LogP contribution in [0.5, 0.6) is 0 Å². The molecule has 1 amide bonds. The molecule has 1 aromatic carbocycles. The van der Waals surface area contributed by atoms with Gasteiger partial charge in [-0.2, -0.15) is 0 Å². The number of ether oxygens (including phenoxy) is 2. The lowest BCUT2D eigenvalue weighted by Gasteiger charge is -2.34. The molecule has 0 saturated carbocycles. The largest absolute Gasteiger partial charge is 0.458 e. The van der Waals surface area contributed by atoms with Gasteiger partial charge in [-0.05, 0) is 58.1 Å². The predicted octanol–water partition coefficient (Wildman–Crippen LogP) is 2.85. The van der Waals surface area contributed by atoms with Crippen molar-refractivity contribution in [2.45, 2.75) is 63.8 Å². The highest BCUT2D eigenvalue weighted by molar-refractivity contribution is 5.88. The van der Waals surface area contributed by atoms with Crippen LogP contribution in [-0.2, 0) is 20.9 Å². The van der Waals surface area contributed by atoms with Gasteiger partial charge in [0.05, 0.1) is 0 Å². The van der Waals surface area contributed by atoms with Gasteiger partial charge in [0.15, 0.2) is 0 Å². The molecule has 2 fully saturated rings. The van der Waals surface area contributed by atoms with Crippen LogP contribution in [0.3, 0.4) is 0 Å². The number of fused-ring (bicyclic) bond motifs is 2. The van der Waals surface area contributed by atoms with E-state index in [9.17, 15) is 9.59 Å². The number of nitrogens with two attached hydrogens (primary N) is 1. The molecule has 0 unspecified atom stereocenters. The molecular weight excluding hydrogens is 332 g/mol. The SMILES string of the molecule is CC(C)(C)OC(=O)[C@]12CC[C@H]([C@@H](CN)C1)N2C(=O)OCc1ccccc1. The zero-order valence-electron chi connectivity index (χ0n) is 15.7. The summed E-state index contributed by atoms with van der Waals surface area (Å²) in [5.74, 6) is -0.249. The highest BCUT2D eigenvalue weighted by Gasteiger charge is 2.64. The number of esters is 1. The smallest absolute Gasteiger partial charge is 0.411 e. The van der Waals surface area contributed by atoms with Gasteiger partial charge in [0, 0.05) is 6.04 Å². The van der Waals surface area contributed by atoms with E-state index in [1.807, 2.05) is 51.1 Å². The maximum Gasteiger partial charge on any atom is 0.411 e. The third kappa shape index (κ3) is 3.43. The van der Waals surface area contributed by atoms with E-state index in [4.69, 9.17) is 15.2 Å². The van der Waals surface area contributed by atoms with Gasteiger partial charge in [-0.1, -0.05) is 30.3 Å². The predicted molar refractivity (Wildman–Crippen MR) is 97.2 cm³/mol. The van der Waals surface area contributed by atoms with E-state index >= 15 is 0 Å². The van der Waals surface area contributed by atoms with Crippen molar-refractivity contribution in [2.24, 2.45) is 11.7 Å². The first-order chi connectivity index (χ1) is 12.3. The van der Waals surface area contributed by atoms with Gasteiger partial charge in [0.2, 0.25) is 0 Å². The van der Waals surface area contributed by atoms with Crippen molar-refractivity contribution in [1.82, 2.24) is 4.90 Å². The average molecular weight is 360 g/mol. The van der Waals surface area contributed by atoms with Crippen molar-refractivity contribution in [3.8, 4) is 0 Å². The quantitative estimate of drug-likeness (QED) is 0.835. The first kappa shape index (κ1) is 18.7. The van der Waals surface area contributed by atoms with Crippen molar-refractivity contribution in [1.29, 1.82) is 0 Å². The summed E-state index contributed by atoms with van der Waals surface area (Å²) >= 11 is 0. The zero-order chi connectivity index (χ0) is 18.9. The van der Waals surface area contributed by atoms with Gasteiger partial charge in [0.25, 0.3) is 0 Å². The Morgan fingerprint density at radius 1 is 1.27 bits per heavy atom. The number of benzene rings is 1. The Morgan fingerprint density at radius 3 is 2.58 bits per heavy atom. The Morgan fingerprint density at radius 2 is 1.96 bits per heavy atom. The van der Waals surface area contributed by atoms with Crippen LogP contribution in [-0.4, -0.2) is 40.7 Å². The summed E-state index contributed by atoms with van der Waals surface area (Å²) in [7, 11) is 0. The van der Waals surface area contributed by atoms with Gasteiger partial charge in [-0.3, -0.25) is 4.90 Å². The van der Waals surface area contributed by atoms with Crippen molar-refractivity contribution in [2.75, 3.05) is 6.54 Å². The van der Waals surface area contributed by atoms with E-state index in [0.717, 1.165) is 12.0 Å². The summed E-state index contributed by atoms with van der Waals surface area (Å²) in [5, 5.41) is 0. The van der Waals surface area contributed by atoms with Gasteiger partial charge in [-0.15, -0.1) is 0 Å². The van der Waals surface area contributed by atoms with Crippen LogP contribution in [0, 0.1) is 5.92 Å². The molecule has 2 N–H and O–H groups in total. The summed E-state index contributed by atoms with van der Waals surface area (Å²) in [5.41, 5.74) is 5.26. The number of carbonyl (C=O) groups is 2. The van der Waals surface area contributed by atoms with Crippen LogP contribution in [0.2, 0.25) is 0 Å². The molecule has 26 heavy (non-hydrogen) atoms. The summed E-state index contributed by atoms with van der Waals surface area (Å²) in [4.78, 5) is 27.5. The fourth-order valence-corrected chi connectivity index (χ4v) is 4.17. The standard InChI is InChI=1S/C20H28N2O4/c1-19(2,3)26-17(23)20-10-9-16(15(11-20)12-21)22(20)18(24)25-13-14-7-5-4-6-8-14/h4-8,15-16H,9-13,21H2,1-3H3/t15-,16-,20+/m1/s1. The number of nitrogens with zero attached hydrogens (tertiary/aromatic N) is 1. The lowest BCUT2D eigenvalue weighted by Crippen LogP contribution is -2.53. The van der Waals surface area contributed by atoms with Gasteiger partial charge >= 0.3 is 12.1 Å². The number of hydrogen-bond donors (Lipinski definition) is 1. The first-order valence-electron chi connectivity index (χ1n) is 9.20. The van der Waals surface area contributed by atoms with Crippen LogP contribution in [0.25, 0.3) is 0 Å². The Hall–Kier alpha value is -2.08. The molecule has 2 saturated heterocycles. The first-order valence-corrected chi connectivity index (χ1v) is 9.20. The lowest BCUT2D eigenvalue weighted by atomic mass is 9.81. The summed E-state index contributed by atoms with van der Waals surface area (Å²) in [6, 6.07) is 9.45. The van der Waals surface area contributed by atoms with Crippen molar-refractivity contribution < 1.29 is 19.1 Å². The molecule has 3 atom stereocenters. The molecule has 6 heteroatoms. The third-order valence-corrected chi connectivity index (χ3v) is 5.27.